The van der Waals surface area contributed by atoms with Crippen molar-refractivity contribution in [2.45, 2.75) is 13.0 Å². The van der Waals surface area contributed by atoms with E-state index in [1.165, 1.54) is 0 Å². The summed E-state index contributed by atoms with van der Waals surface area (Å²) >= 11 is 0. The maximum atomic E-state index is 11.0. The summed E-state index contributed by atoms with van der Waals surface area (Å²) in [7, 11) is 0. The number of nitrogens with two attached hydrogens (primary N) is 1. The highest BCUT2D eigenvalue weighted by molar-refractivity contribution is 5.73. The Bertz CT molecular complexity index is 548. The molecule has 1 unspecified atom stereocenters. The maximum Gasteiger partial charge on any atom is 0.326 e. The molecule has 2 rings (SSSR count). The second-order valence-corrected chi connectivity index (χ2v) is 3.80. The molecule has 0 amide bonds. The molecule has 2 aromatic rings. The monoisotopic (exact) mass is 231 g/mol. The van der Waals surface area contributed by atoms with Crippen molar-refractivity contribution in [1.29, 1.82) is 0 Å². The van der Waals surface area contributed by atoms with Crippen LogP contribution in [0.4, 0.5) is 5.69 Å². The molecule has 5 heteroatoms. The number of nitrogens with zero attached hydrogens (tertiary/aromatic N) is 2. The van der Waals surface area contributed by atoms with E-state index in [2.05, 4.69) is 4.98 Å². The minimum Gasteiger partial charge on any atom is -0.480 e. The van der Waals surface area contributed by atoms with E-state index < -0.39 is 12.0 Å². The van der Waals surface area contributed by atoms with Gasteiger partial charge in [0.15, 0.2) is 0 Å². The fourth-order valence-corrected chi connectivity index (χ4v) is 1.65. The molecule has 0 saturated heterocycles. The third-order valence-corrected chi connectivity index (χ3v) is 2.59. The molecule has 0 saturated carbocycles. The van der Waals surface area contributed by atoms with Gasteiger partial charge in [-0.15, -0.1) is 0 Å². The average molecular weight is 231 g/mol. The third kappa shape index (κ3) is 2.13. The molecule has 17 heavy (non-hydrogen) atoms. The van der Waals surface area contributed by atoms with Crippen molar-refractivity contribution in [3.05, 3.63) is 36.7 Å². The van der Waals surface area contributed by atoms with E-state index in [1.807, 2.05) is 12.1 Å². The summed E-state index contributed by atoms with van der Waals surface area (Å²) in [6, 6.07) is 6.55. The van der Waals surface area contributed by atoms with Crippen molar-refractivity contribution in [1.82, 2.24) is 9.55 Å². The van der Waals surface area contributed by atoms with Crippen LogP contribution in [0.15, 0.2) is 36.7 Å². The first-order valence-corrected chi connectivity index (χ1v) is 5.21. The first-order chi connectivity index (χ1) is 8.09. The molecule has 5 nitrogen and oxygen atoms in total. The van der Waals surface area contributed by atoms with Gasteiger partial charge in [-0.25, -0.2) is 9.78 Å². The van der Waals surface area contributed by atoms with Crippen LogP contribution in [-0.4, -0.2) is 20.6 Å². The van der Waals surface area contributed by atoms with Gasteiger partial charge >= 0.3 is 5.97 Å². The number of rotatable bonds is 3. The summed E-state index contributed by atoms with van der Waals surface area (Å²) < 4.78 is 1.61. The summed E-state index contributed by atoms with van der Waals surface area (Å²) in [5.74, 6) is -0.291. The second kappa shape index (κ2) is 4.29. The van der Waals surface area contributed by atoms with Crippen molar-refractivity contribution < 1.29 is 9.90 Å². The number of aliphatic carboxylic acids is 1. The van der Waals surface area contributed by atoms with Crippen molar-refractivity contribution in [2.24, 2.45) is 0 Å². The molecule has 88 valence electrons. The van der Waals surface area contributed by atoms with E-state index >= 15 is 0 Å². The van der Waals surface area contributed by atoms with Gasteiger partial charge in [0.05, 0.1) is 0 Å². The Morgan fingerprint density at radius 1 is 1.53 bits per heavy atom. The lowest BCUT2D eigenvalue weighted by molar-refractivity contribution is -0.140. The molecule has 0 radical (unpaired) electrons. The van der Waals surface area contributed by atoms with Crippen molar-refractivity contribution in [3.8, 4) is 11.4 Å². The standard InChI is InChI=1S/C12H13N3O2/c1-8(12(16)17)15-6-5-14-11(15)9-3-2-4-10(13)7-9/h2-8H,13H2,1H3,(H,16,17). The van der Waals surface area contributed by atoms with Gasteiger partial charge in [0.2, 0.25) is 0 Å². The van der Waals surface area contributed by atoms with Gasteiger partial charge in [-0.1, -0.05) is 12.1 Å². The zero-order chi connectivity index (χ0) is 12.4. The Balaban J connectivity index is 2.47. The molecule has 1 heterocycles. The highest BCUT2D eigenvalue weighted by Crippen LogP contribution is 2.22. The molecule has 0 aliphatic heterocycles. The quantitative estimate of drug-likeness (QED) is 0.789. The zero-order valence-electron chi connectivity index (χ0n) is 9.37. The van der Waals surface area contributed by atoms with Crippen molar-refractivity contribution >= 4 is 11.7 Å². The van der Waals surface area contributed by atoms with E-state index in [0.29, 0.717) is 11.5 Å². The summed E-state index contributed by atoms with van der Waals surface area (Å²) in [5, 5.41) is 9.01. The molecule has 1 aromatic heterocycles. The number of carboxylic acids is 1. The number of carbonyl (C=O) groups is 1. The molecule has 3 N–H and O–H groups in total. The first-order valence-electron chi connectivity index (χ1n) is 5.21. The highest BCUT2D eigenvalue weighted by Gasteiger charge is 2.17. The van der Waals surface area contributed by atoms with E-state index in [9.17, 15) is 4.79 Å². The van der Waals surface area contributed by atoms with Crippen LogP contribution in [0.2, 0.25) is 0 Å². The van der Waals surface area contributed by atoms with Crippen LogP contribution in [0.3, 0.4) is 0 Å². The SMILES string of the molecule is CC(C(=O)O)n1ccnc1-c1cccc(N)c1. The van der Waals surface area contributed by atoms with Crippen LogP contribution < -0.4 is 5.73 Å². The number of hydrogen-bond donors (Lipinski definition) is 2. The van der Waals surface area contributed by atoms with Gasteiger partial charge in [-0.3, -0.25) is 0 Å². The number of carboxylic acid groups (broad SMARTS) is 1. The normalized spacial score (nSPS) is 12.3. The fourth-order valence-electron chi connectivity index (χ4n) is 1.65. The van der Waals surface area contributed by atoms with Crippen LogP contribution in [0.5, 0.6) is 0 Å². The fraction of sp³-hybridized carbons (Fsp3) is 0.167. The topological polar surface area (TPSA) is 81.1 Å². The first kappa shape index (κ1) is 11.2. The van der Waals surface area contributed by atoms with E-state index in [-0.39, 0.29) is 0 Å². The lowest BCUT2D eigenvalue weighted by atomic mass is 10.2. The zero-order valence-corrected chi connectivity index (χ0v) is 9.37. The summed E-state index contributed by atoms with van der Waals surface area (Å²) in [6.07, 6.45) is 3.23. The van der Waals surface area contributed by atoms with Gasteiger partial charge < -0.3 is 15.4 Å². The molecule has 0 bridgehead atoms. The van der Waals surface area contributed by atoms with Gasteiger partial charge in [0.1, 0.15) is 11.9 Å². The lowest BCUT2D eigenvalue weighted by Crippen LogP contribution is -2.15. The molecular weight excluding hydrogens is 218 g/mol. The maximum absolute atomic E-state index is 11.0. The predicted octanol–water partition coefficient (Wildman–Crippen LogP) is 1.78. The lowest BCUT2D eigenvalue weighted by Gasteiger charge is -2.12. The third-order valence-electron chi connectivity index (χ3n) is 2.59. The number of hydrogen-bond acceptors (Lipinski definition) is 3. The minimum absolute atomic E-state index is 0.604. The van der Waals surface area contributed by atoms with Crippen molar-refractivity contribution in [3.63, 3.8) is 0 Å². The molecule has 0 aliphatic carbocycles. The number of nitrogen functional groups attached to an aromatic ring is 1. The Morgan fingerprint density at radius 2 is 2.29 bits per heavy atom. The smallest absolute Gasteiger partial charge is 0.326 e. The van der Waals surface area contributed by atoms with E-state index in [4.69, 9.17) is 10.8 Å². The summed E-state index contributed by atoms with van der Waals surface area (Å²) in [6.45, 7) is 1.61. The summed E-state index contributed by atoms with van der Waals surface area (Å²) in [4.78, 5) is 15.1. The van der Waals surface area contributed by atoms with Crippen molar-refractivity contribution in [2.75, 3.05) is 5.73 Å². The minimum atomic E-state index is -0.895. The largest absolute Gasteiger partial charge is 0.480 e. The Labute approximate surface area is 98.5 Å². The second-order valence-electron chi connectivity index (χ2n) is 3.80. The van der Waals surface area contributed by atoms with Crippen LogP contribution in [0.1, 0.15) is 13.0 Å². The van der Waals surface area contributed by atoms with E-state index in [0.717, 1.165) is 5.56 Å². The molecular formula is C12H13N3O2. The van der Waals surface area contributed by atoms with Crippen LogP contribution in [0.25, 0.3) is 11.4 Å². The van der Waals surface area contributed by atoms with Gasteiger partial charge in [-0.05, 0) is 19.1 Å². The Kier molecular flexibility index (Phi) is 2.82. The molecule has 0 fully saturated rings. The van der Waals surface area contributed by atoms with Gasteiger partial charge in [0.25, 0.3) is 0 Å². The number of imidazole rings is 1. The number of aromatic nitrogens is 2. The molecule has 0 spiro atoms. The molecule has 0 aliphatic rings. The molecule has 1 atom stereocenters. The van der Waals surface area contributed by atoms with Gasteiger partial charge in [0, 0.05) is 23.6 Å². The number of anilines is 1. The van der Waals surface area contributed by atoms with Gasteiger partial charge in [-0.2, -0.15) is 0 Å². The average Bonchev–Trinajstić information content (AvgIpc) is 2.76. The Morgan fingerprint density at radius 3 is 2.94 bits per heavy atom. The van der Waals surface area contributed by atoms with E-state index in [1.54, 1.807) is 36.0 Å². The van der Waals surface area contributed by atoms with Crippen LogP contribution in [0, 0.1) is 0 Å². The highest BCUT2D eigenvalue weighted by atomic mass is 16.4. The van der Waals surface area contributed by atoms with Crippen LogP contribution in [-0.2, 0) is 4.79 Å². The van der Waals surface area contributed by atoms with Crippen LogP contribution >= 0.6 is 0 Å². The number of benzene rings is 1. The Hall–Kier alpha value is -2.30. The predicted molar refractivity (Wildman–Crippen MR) is 64.4 cm³/mol. The summed E-state index contributed by atoms with van der Waals surface area (Å²) in [5.41, 5.74) is 7.13. The molecule has 1 aromatic carbocycles.